The summed E-state index contributed by atoms with van der Waals surface area (Å²) in [5.41, 5.74) is 3.48. The minimum absolute atomic E-state index is 0.162. The van der Waals surface area contributed by atoms with Crippen LogP contribution < -0.4 is 0 Å². The SMILES string of the molecule is CN(C)Cc1cc(CN2CCCC(CCc3ccc(F)cc3)C2)ccc1O. The summed E-state index contributed by atoms with van der Waals surface area (Å²) in [4.78, 5) is 4.61. The molecule has 1 aliphatic heterocycles. The van der Waals surface area contributed by atoms with Gasteiger partial charge in [-0.15, -0.1) is 0 Å². The van der Waals surface area contributed by atoms with Crippen LogP contribution in [-0.4, -0.2) is 42.1 Å². The molecule has 3 rings (SSSR count). The molecule has 4 heteroatoms. The molecule has 1 aliphatic rings. The van der Waals surface area contributed by atoms with Crippen molar-refractivity contribution in [2.24, 2.45) is 5.92 Å². The predicted octanol–water partition coefficient (Wildman–Crippen LogP) is 4.44. The molecule has 2 aromatic carbocycles. The Morgan fingerprint density at radius 3 is 2.59 bits per heavy atom. The lowest BCUT2D eigenvalue weighted by Crippen LogP contribution is -2.35. The van der Waals surface area contributed by atoms with E-state index in [-0.39, 0.29) is 5.82 Å². The van der Waals surface area contributed by atoms with Gasteiger partial charge >= 0.3 is 0 Å². The fourth-order valence-electron chi connectivity index (χ4n) is 4.02. The smallest absolute Gasteiger partial charge is 0.123 e. The molecule has 1 unspecified atom stereocenters. The minimum atomic E-state index is -0.162. The van der Waals surface area contributed by atoms with Crippen LogP contribution in [0.15, 0.2) is 42.5 Å². The van der Waals surface area contributed by atoms with Crippen molar-refractivity contribution in [1.82, 2.24) is 9.80 Å². The Bertz CT molecular complexity index is 730. The van der Waals surface area contributed by atoms with Gasteiger partial charge < -0.3 is 10.0 Å². The van der Waals surface area contributed by atoms with Crippen LogP contribution >= 0.6 is 0 Å². The van der Waals surface area contributed by atoms with Gasteiger partial charge in [0, 0.05) is 25.2 Å². The van der Waals surface area contributed by atoms with Crippen LogP contribution in [-0.2, 0) is 19.5 Å². The molecule has 2 aromatic rings. The quantitative estimate of drug-likeness (QED) is 0.781. The van der Waals surface area contributed by atoms with E-state index >= 15 is 0 Å². The molecule has 0 bridgehead atoms. The third-order valence-corrected chi connectivity index (χ3v) is 5.39. The maximum atomic E-state index is 13.0. The molecule has 146 valence electrons. The number of hydrogen-bond acceptors (Lipinski definition) is 3. The second kappa shape index (κ2) is 9.34. The summed E-state index contributed by atoms with van der Waals surface area (Å²) < 4.78 is 13.0. The molecule has 1 heterocycles. The number of phenols is 1. The first-order valence-corrected chi connectivity index (χ1v) is 9.92. The first-order chi connectivity index (χ1) is 13.0. The molecular formula is C23H31FN2O. The number of likely N-dealkylation sites (tertiary alicyclic amines) is 1. The van der Waals surface area contributed by atoms with Gasteiger partial charge in [-0.3, -0.25) is 4.90 Å². The van der Waals surface area contributed by atoms with Crippen LogP contribution in [0.1, 0.15) is 36.0 Å². The molecular weight excluding hydrogens is 339 g/mol. The summed E-state index contributed by atoms with van der Waals surface area (Å²) in [5.74, 6) is 0.913. The first kappa shape index (κ1) is 19.8. The Kier molecular flexibility index (Phi) is 6.86. The summed E-state index contributed by atoms with van der Waals surface area (Å²) in [6.07, 6.45) is 4.68. The lowest BCUT2D eigenvalue weighted by Gasteiger charge is -2.33. The third kappa shape index (κ3) is 6.05. The molecule has 0 radical (unpaired) electrons. The molecule has 0 aromatic heterocycles. The number of aromatic hydroxyl groups is 1. The van der Waals surface area contributed by atoms with Crippen LogP contribution in [0.4, 0.5) is 4.39 Å². The van der Waals surface area contributed by atoms with Crippen molar-refractivity contribution >= 4 is 0 Å². The standard InChI is InChI=1S/C23H31FN2O/c1-25(2)17-21-14-20(9-12-23(21)27)16-26-13-3-4-19(15-26)6-5-18-7-10-22(24)11-8-18/h7-12,14,19,27H,3-6,13,15-17H2,1-2H3. The molecule has 3 nitrogen and oxygen atoms in total. The minimum Gasteiger partial charge on any atom is -0.508 e. The zero-order valence-electron chi connectivity index (χ0n) is 16.5. The lowest BCUT2D eigenvalue weighted by atomic mass is 9.91. The van der Waals surface area contributed by atoms with E-state index in [1.54, 1.807) is 12.1 Å². The third-order valence-electron chi connectivity index (χ3n) is 5.39. The van der Waals surface area contributed by atoms with Crippen LogP contribution in [0, 0.1) is 11.7 Å². The van der Waals surface area contributed by atoms with E-state index in [2.05, 4.69) is 15.9 Å². The van der Waals surface area contributed by atoms with E-state index in [9.17, 15) is 9.50 Å². The molecule has 0 spiro atoms. The number of piperidine rings is 1. The number of halogens is 1. The summed E-state index contributed by atoms with van der Waals surface area (Å²) in [6, 6.07) is 12.9. The van der Waals surface area contributed by atoms with E-state index in [0.29, 0.717) is 11.7 Å². The molecule has 1 atom stereocenters. The Morgan fingerprint density at radius 1 is 1.11 bits per heavy atom. The summed E-state index contributed by atoms with van der Waals surface area (Å²) in [7, 11) is 4.03. The number of phenolic OH excluding ortho intramolecular Hbond substituents is 1. The summed E-state index contributed by atoms with van der Waals surface area (Å²) in [6.45, 7) is 3.94. The highest BCUT2D eigenvalue weighted by atomic mass is 19.1. The Balaban J connectivity index is 1.54. The van der Waals surface area contributed by atoms with E-state index in [4.69, 9.17) is 0 Å². The van der Waals surface area contributed by atoms with Crippen molar-refractivity contribution in [2.45, 2.75) is 38.8 Å². The van der Waals surface area contributed by atoms with Gasteiger partial charge in [0.2, 0.25) is 0 Å². The van der Waals surface area contributed by atoms with Crippen molar-refractivity contribution in [3.05, 3.63) is 65.0 Å². The van der Waals surface area contributed by atoms with Gasteiger partial charge in [-0.1, -0.05) is 18.2 Å². The Hall–Kier alpha value is -1.91. The van der Waals surface area contributed by atoms with Crippen molar-refractivity contribution < 1.29 is 9.50 Å². The predicted molar refractivity (Wildman–Crippen MR) is 108 cm³/mol. The average molecular weight is 371 g/mol. The fourth-order valence-corrected chi connectivity index (χ4v) is 4.02. The maximum Gasteiger partial charge on any atom is 0.123 e. The van der Waals surface area contributed by atoms with Crippen LogP contribution in [0.5, 0.6) is 5.75 Å². The number of hydrogen-bond donors (Lipinski definition) is 1. The van der Waals surface area contributed by atoms with Crippen LogP contribution in [0.2, 0.25) is 0 Å². The van der Waals surface area contributed by atoms with E-state index in [0.717, 1.165) is 44.6 Å². The Morgan fingerprint density at radius 2 is 1.85 bits per heavy atom. The normalized spacial score (nSPS) is 18.1. The number of benzene rings is 2. The van der Waals surface area contributed by atoms with Crippen molar-refractivity contribution in [3.8, 4) is 5.75 Å². The lowest BCUT2D eigenvalue weighted by molar-refractivity contribution is 0.162. The number of aryl methyl sites for hydroxylation is 1. The fraction of sp³-hybridized carbons (Fsp3) is 0.478. The highest BCUT2D eigenvalue weighted by Crippen LogP contribution is 2.25. The number of rotatable bonds is 7. The Labute approximate surface area is 162 Å². The molecule has 0 amide bonds. The van der Waals surface area contributed by atoms with E-state index in [1.807, 2.05) is 38.4 Å². The van der Waals surface area contributed by atoms with Gasteiger partial charge in [0.15, 0.2) is 0 Å². The molecule has 0 aliphatic carbocycles. The summed E-state index contributed by atoms with van der Waals surface area (Å²) in [5, 5.41) is 10.1. The van der Waals surface area contributed by atoms with E-state index in [1.165, 1.54) is 24.0 Å². The number of nitrogens with zero attached hydrogens (tertiary/aromatic N) is 2. The molecule has 1 saturated heterocycles. The van der Waals surface area contributed by atoms with Gasteiger partial charge in [0.05, 0.1) is 0 Å². The maximum absolute atomic E-state index is 13.0. The van der Waals surface area contributed by atoms with Gasteiger partial charge in [-0.05, 0) is 87.6 Å². The largest absolute Gasteiger partial charge is 0.508 e. The highest BCUT2D eigenvalue weighted by molar-refractivity contribution is 5.36. The monoisotopic (exact) mass is 370 g/mol. The molecule has 1 N–H and O–H groups in total. The van der Waals surface area contributed by atoms with Crippen molar-refractivity contribution in [3.63, 3.8) is 0 Å². The summed E-state index contributed by atoms with van der Waals surface area (Å²) >= 11 is 0. The first-order valence-electron chi connectivity index (χ1n) is 9.92. The van der Waals surface area contributed by atoms with Gasteiger partial charge in [-0.2, -0.15) is 0 Å². The molecule has 27 heavy (non-hydrogen) atoms. The van der Waals surface area contributed by atoms with Crippen molar-refractivity contribution in [1.29, 1.82) is 0 Å². The van der Waals surface area contributed by atoms with Gasteiger partial charge in [-0.25, -0.2) is 4.39 Å². The van der Waals surface area contributed by atoms with Crippen molar-refractivity contribution in [2.75, 3.05) is 27.2 Å². The van der Waals surface area contributed by atoms with Gasteiger partial charge in [0.1, 0.15) is 11.6 Å². The zero-order chi connectivity index (χ0) is 19.2. The average Bonchev–Trinajstić information content (AvgIpc) is 2.64. The topological polar surface area (TPSA) is 26.7 Å². The second-order valence-corrected chi connectivity index (χ2v) is 8.11. The highest BCUT2D eigenvalue weighted by Gasteiger charge is 2.20. The molecule has 1 fully saturated rings. The molecule has 0 saturated carbocycles. The van der Waals surface area contributed by atoms with E-state index < -0.39 is 0 Å². The second-order valence-electron chi connectivity index (χ2n) is 8.11. The van der Waals surface area contributed by atoms with Crippen LogP contribution in [0.3, 0.4) is 0 Å². The zero-order valence-corrected chi connectivity index (χ0v) is 16.5. The van der Waals surface area contributed by atoms with Gasteiger partial charge in [0.25, 0.3) is 0 Å². The van der Waals surface area contributed by atoms with Crippen LogP contribution in [0.25, 0.3) is 0 Å².